The number of benzene rings is 1. The zero-order valence-electron chi connectivity index (χ0n) is 15.1. The molecule has 10 heteroatoms. The maximum Gasteiger partial charge on any atom is 0.339 e. The molecule has 0 bridgehead atoms. The number of nitrogens with zero attached hydrogens (tertiary/aromatic N) is 1. The van der Waals surface area contributed by atoms with Gasteiger partial charge in [-0.3, -0.25) is 20.2 Å². The number of ether oxygens (including phenoxy) is 1. The number of amides is 3. The first-order valence-corrected chi connectivity index (χ1v) is 8.60. The van der Waals surface area contributed by atoms with Gasteiger partial charge in [-0.15, -0.1) is 0 Å². The highest BCUT2D eigenvalue weighted by molar-refractivity contribution is 5.98. The van der Waals surface area contributed by atoms with Crippen molar-refractivity contribution >= 4 is 29.3 Å². The van der Waals surface area contributed by atoms with E-state index in [1.807, 2.05) is 0 Å². The number of carbonyl (C=O) groups excluding carboxylic acids is 3. The van der Waals surface area contributed by atoms with Crippen LogP contribution in [0.25, 0.3) is 0 Å². The second-order valence-corrected chi connectivity index (χ2v) is 6.23. The Morgan fingerprint density at radius 2 is 1.93 bits per heavy atom. The Labute approximate surface area is 155 Å². The van der Waals surface area contributed by atoms with Crippen molar-refractivity contribution in [1.82, 2.24) is 10.6 Å². The number of hydrogen-bond acceptors (Lipinski definition) is 7. The van der Waals surface area contributed by atoms with Crippen LogP contribution in [0, 0.1) is 10.1 Å². The van der Waals surface area contributed by atoms with E-state index in [2.05, 4.69) is 16.0 Å². The van der Waals surface area contributed by atoms with Gasteiger partial charge in [-0.05, 0) is 31.9 Å². The van der Waals surface area contributed by atoms with Crippen LogP contribution in [0.1, 0.15) is 43.0 Å². The van der Waals surface area contributed by atoms with Gasteiger partial charge in [-0.1, -0.05) is 12.8 Å². The molecule has 27 heavy (non-hydrogen) atoms. The molecule has 1 aliphatic rings. The van der Waals surface area contributed by atoms with Crippen molar-refractivity contribution in [2.24, 2.45) is 0 Å². The quantitative estimate of drug-likeness (QED) is 0.390. The van der Waals surface area contributed by atoms with Crippen molar-refractivity contribution in [1.29, 1.82) is 0 Å². The molecule has 0 aliphatic heterocycles. The number of nitro benzene ring substituents is 1. The highest BCUT2D eigenvalue weighted by atomic mass is 16.6. The third-order valence-corrected chi connectivity index (χ3v) is 4.28. The highest BCUT2D eigenvalue weighted by Crippen LogP contribution is 2.25. The molecule has 1 aliphatic carbocycles. The van der Waals surface area contributed by atoms with Gasteiger partial charge in [-0.25, -0.2) is 9.59 Å². The summed E-state index contributed by atoms with van der Waals surface area (Å²) in [4.78, 5) is 46.4. The first kappa shape index (κ1) is 20.1. The Bertz CT molecular complexity index is 745. The number of urea groups is 1. The SMILES string of the molecule is CNc1ccc(C(=O)O[C@@H](C)C(=O)NC(=O)NC2CCCC2)cc1[N+](=O)[O-]. The zero-order valence-corrected chi connectivity index (χ0v) is 15.1. The van der Waals surface area contributed by atoms with Gasteiger partial charge < -0.3 is 15.4 Å². The monoisotopic (exact) mass is 378 g/mol. The maximum atomic E-state index is 12.2. The molecule has 1 fully saturated rings. The minimum atomic E-state index is -1.24. The second-order valence-electron chi connectivity index (χ2n) is 6.23. The Morgan fingerprint density at radius 3 is 2.52 bits per heavy atom. The van der Waals surface area contributed by atoms with E-state index < -0.39 is 28.9 Å². The van der Waals surface area contributed by atoms with E-state index in [1.54, 1.807) is 0 Å². The molecule has 146 valence electrons. The molecule has 3 amide bonds. The molecular weight excluding hydrogens is 356 g/mol. The third kappa shape index (κ3) is 5.40. The first-order valence-electron chi connectivity index (χ1n) is 8.60. The van der Waals surface area contributed by atoms with Crippen LogP contribution in [-0.2, 0) is 9.53 Å². The summed E-state index contributed by atoms with van der Waals surface area (Å²) < 4.78 is 5.00. The molecule has 1 saturated carbocycles. The molecule has 0 aromatic heterocycles. The average molecular weight is 378 g/mol. The molecular formula is C17H22N4O6. The molecule has 1 aromatic rings. The molecule has 1 aromatic carbocycles. The molecule has 0 unspecified atom stereocenters. The number of hydrogen-bond donors (Lipinski definition) is 3. The molecule has 10 nitrogen and oxygen atoms in total. The molecule has 0 spiro atoms. The molecule has 0 heterocycles. The fraction of sp³-hybridized carbons (Fsp3) is 0.471. The normalized spacial score (nSPS) is 14.9. The first-order chi connectivity index (χ1) is 12.8. The van der Waals surface area contributed by atoms with Crippen molar-refractivity contribution < 1.29 is 24.0 Å². The van der Waals surface area contributed by atoms with Crippen LogP contribution >= 0.6 is 0 Å². The van der Waals surface area contributed by atoms with Crippen molar-refractivity contribution in [3.05, 3.63) is 33.9 Å². The van der Waals surface area contributed by atoms with Crippen LogP contribution in [0.3, 0.4) is 0 Å². The lowest BCUT2D eigenvalue weighted by Gasteiger charge is -2.15. The summed E-state index contributed by atoms with van der Waals surface area (Å²) in [5.41, 5.74) is -0.123. The summed E-state index contributed by atoms with van der Waals surface area (Å²) in [5, 5.41) is 18.5. The van der Waals surface area contributed by atoms with E-state index in [-0.39, 0.29) is 23.0 Å². The van der Waals surface area contributed by atoms with E-state index >= 15 is 0 Å². The van der Waals surface area contributed by atoms with E-state index in [4.69, 9.17) is 4.74 Å². The maximum absolute atomic E-state index is 12.2. The molecule has 0 saturated heterocycles. The molecule has 0 radical (unpaired) electrons. The second kappa shape index (κ2) is 8.97. The molecule has 1 atom stereocenters. The topological polar surface area (TPSA) is 140 Å². The summed E-state index contributed by atoms with van der Waals surface area (Å²) in [7, 11) is 1.52. The fourth-order valence-electron chi connectivity index (χ4n) is 2.81. The van der Waals surface area contributed by atoms with Crippen LogP contribution in [0.15, 0.2) is 18.2 Å². The van der Waals surface area contributed by atoms with Crippen molar-refractivity contribution in [2.45, 2.75) is 44.8 Å². The van der Waals surface area contributed by atoms with E-state index in [1.165, 1.54) is 26.1 Å². The smallest absolute Gasteiger partial charge is 0.339 e. The molecule has 3 N–H and O–H groups in total. The van der Waals surface area contributed by atoms with Crippen molar-refractivity contribution in [2.75, 3.05) is 12.4 Å². The van der Waals surface area contributed by atoms with Gasteiger partial charge in [-0.2, -0.15) is 0 Å². The Balaban J connectivity index is 1.93. The Hall–Kier alpha value is -3.17. The predicted octanol–water partition coefficient (Wildman–Crippen LogP) is 1.95. The van der Waals surface area contributed by atoms with Crippen LogP contribution in [0.4, 0.5) is 16.2 Å². The lowest BCUT2D eigenvalue weighted by atomic mass is 10.1. The van der Waals surface area contributed by atoms with Gasteiger partial charge in [0.05, 0.1) is 10.5 Å². The summed E-state index contributed by atoms with van der Waals surface area (Å²) >= 11 is 0. The fourth-order valence-corrected chi connectivity index (χ4v) is 2.81. The zero-order chi connectivity index (χ0) is 20.0. The average Bonchev–Trinajstić information content (AvgIpc) is 3.13. The number of nitrogens with one attached hydrogen (secondary N) is 3. The van der Waals surface area contributed by atoms with Gasteiger partial charge in [0.15, 0.2) is 6.10 Å². The predicted molar refractivity (Wildman–Crippen MR) is 96.5 cm³/mol. The largest absolute Gasteiger partial charge is 0.449 e. The van der Waals surface area contributed by atoms with E-state index in [0.29, 0.717) is 0 Å². The third-order valence-electron chi connectivity index (χ3n) is 4.28. The van der Waals surface area contributed by atoms with Gasteiger partial charge in [0.1, 0.15) is 5.69 Å². The summed E-state index contributed by atoms with van der Waals surface area (Å²) in [6.07, 6.45) is 2.56. The lowest BCUT2D eigenvalue weighted by molar-refractivity contribution is -0.384. The van der Waals surface area contributed by atoms with Gasteiger partial charge >= 0.3 is 12.0 Å². The summed E-state index contributed by atoms with van der Waals surface area (Å²) in [6, 6.07) is 3.18. The standard InChI is InChI=1S/C17H22N4O6/c1-10(15(22)20-17(24)19-12-5-3-4-6-12)27-16(23)11-7-8-13(18-2)14(9-11)21(25)26/h7-10,12,18H,3-6H2,1-2H3,(H2,19,20,22,24)/t10-/m0/s1. The van der Waals surface area contributed by atoms with Gasteiger partial charge in [0.2, 0.25) is 0 Å². The van der Waals surface area contributed by atoms with Crippen LogP contribution < -0.4 is 16.0 Å². The van der Waals surface area contributed by atoms with E-state index in [0.717, 1.165) is 31.7 Å². The van der Waals surface area contributed by atoms with Gasteiger partial charge in [0.25, 0.3) is 11.6 Å². The van der Waals surface area contributed by atoms with E-state index in [9.17, 15) is 24.5 Å². The van der Waals surface area contributed by atoms with Crippen molar-refractivity contribution in [3.63, 3.8) is 0 Å². The molecule has 2 rings (SSSR count). The number of esters is 1. The number of rotatable bonds is 6. The number of imide groups is 1. The Kier molecular flexibility index (Phi) is 6.69. The number of anilines is 1. The summed E-state index contributed by atoms with van der Waals surface area (Å²) in [5.74, 6) is -1.68. The Morgan fingerprint density at radius 1 is 1.26 bits per heavy atom. The van der Waals surface area contributed by atoms with Gasteiger partial charge in [0, 0.05) is 19.2 Å². The van der Waals surface area contributed by atoms with Crippen LogP contribution in [-0.4, -0.2) is 42.0 Å². The number of nitro groups is 1. The lowest BCUT2D eigenvalue weighted by Crippen LogP contribution is -2.47. The highest BCUT2D eigenvalue weighted by Gasteiger charge is 2.24. The number of carbonyl (C=O) groups is 3. The minimum Gasteiger partial charge on any atom is -0.449 e. The van der Waals surface area contributed by atoms with Crippen LogP contribution in [0.2, 0.25) is 0 Å². The minimum absolute atomic E-state index is 0.0434. The van der Waals surface area contributed by atoms with Crippen molar-refractivity contribution in [3.8, 4) is 0 Å². The van der Waals surface area contributed by atoms with Crippen LogP contribution in [0.5, 0.6) is 0 Å². The summed E-state index contributed by atoms with van der Waals surface area (Å²) in [6.45, 7) is 1.31.